The molecule has 1 rings (SSSR count). The van der Waals surface area contributed by atoms with Crippen molar-refractivity contribution in [2.24, 2.45) is 5.14 Å². The lowest BCUT2D eigenvalue weighted by molar-refractivity contribution is 0.0969. The van der Waals surface area contributed by atoms with Crippen LogP contribution in [-0.4, -0.2) is 44.9 Å². The molecular weight excluding hydrogens is 290 g/mol. The van der Waals surface area contributed by atoms with Crippen LogP contribution < -0.4 is 16.4 Å². The molecule has 114 valence electrons. The molecule has 0 aromatic carbocycles. The number of ether oxygens (including phenoxy) is 2. The molecule has 0 amide bonds. The first-order chi connectivity index (χ1) is 9.36. The highest BCUT2D eigenvalue weighted by atomic mass is 32.2. The van der Waals surface area contributed by atoms with Crippen molar-refractivity contribution in [3.63, 3.8) is 0 Å². The number of primary sulfonamides is 1. The van der Waals surface area contributed by atoms with Crippen molar-refractivity contribution in [1.29, 1.82) is 0 Å². The van der Waals surface area contributed by atoms with Gasteiger partial charge in [-0.1, -0.05) is 0 Å². The first-order valence-electron chi connectivity index (χ1n) is 5.79. The summed E-state index contributed by atoms with van der Waals surface area (Å²) < 4.78 is 33.4. The van der Waals surface area contributed by atoms with Gasteiger partial charge in [0.1, 0.15) is 0 Å². The highest BCUT2D eigenvalue weighted by molar-refractivity contribution is 7.89. The Morgan fingerprint density at radius 3 is 2.60 bits per heavy atom. The second-order valence-corrected chi connectivity index (χ2v) is 5.48. The maximum atomic E-state index is 11.5. The second-order valence-electron chi connectivity index (χ2n) is 3.95. The maximum Gasteiger partial charge on any atom is 0.328 e. The normalized spacial score (nSPS) is 11.7. The summed E-state index contributed by atoms with van der Waals surface area (Å²) in [6, 6.07) is 0. The van der Waals surface area contributed by atoms with Crippen LogP contribution in [0.25, 0.3) is 0 Å². The fourth-order valence-electron chi connectivity index (χ4n) is 1.43. The number of sulfonamides is 1. The third-order valence-electron chi connectivity index (χ3n) is 2.40. The van der Waals surface area contributed by atoms with Gasteiger partial charge in [0, 0.05) is 26.5 Å². The zero-order valence-corrected chi connectivity index (χ0v) is 11.8. The molecule has 0 radical (unpaired) electrons. The summed E-state index contributed by atoms with van der Waals surface area (Å²) in [6.07, 6.45) is 1.62. The summed E-state index contributed by atoms with van der Waals surface area (Å²) >= 11 is 0. The first-order valence-corrected chi connectivity index (χ1v) is 7.34. The van der Waals surface area contributed by atoms with Crippen molar-refractivity contribution >= 4 is 10.0 Å². The maximum absolute atomic E-state index is 11.5. The summed E-state index contributed by atoms with van der Waals surface area (Å²) in [4.78, 5) is 24.0. The van der Waals surface area contributed by atoms with E-state index in [9.17, 15) is 18.0 Å². The Bertz CT molecular complexity index is 648. The summed E-state index contributed by atoms with van der Waals surface area (Å²) in [5.41, 5.74) is -1.75. The standard InChI is InChI=1S/C10H17N3O6S/c1-18-4-2-5-19-6-3-13-7-8(20(11,16)17)9(14)12-10(13)15/h7H,2-6H2,1H3,(H2,11,16,17)(H,12,14,15). The van der Waals surface area contributed by atoms with Gasteiger partial charge in [-0.25, -0.2) is 18.4 Å². The summed E-state index contributed by atoms with van der Waals surface area (Å²) in [5, 5.41) is 4.88. The topological polar surface area (TPSA) is 133 Å². The Hall–Kier alpha value is -1.49. The van der Waals surface area contributed by atoms with E-state index in [0.29, 0.717) is 19.6 Å². The molecule has 1 aromatic rings. The fourth-order valence-corrected chi connectivity index (χ4v) is 2.01. The zero-order chi connectivity index (χ0) is 15.2. The van der Waals surface area contributed by atoms with Gasteiger partial charge in [-0.3, -0.25) is 14.3 Å². The fraction of sp³-hybridized carbons (Fsp3) is 0.600. The van der Waals surface area contributed by atoms with E-state index in [-0.39, 0.29) is 13.2 Å². The lowest BCUT2D eigenvalue weighted by Gasteiger charge is -2.07. The molecule has 3 N–H and O–H groups in total. The Balaban J connectivity index is 2.72. The van der Waals surface area contributed by atoms with Crippen molar-refractivity contribution < 1.29 is 17.9 Å². The van der Waals surface area contributed by atoms with Gasteiger partial charge >= 0.3 is 5.69 Å². The van der Waals surface area contributed by atoms with Gasteiger partial charge in [0.2, 0.25) is 10.0 Å². The molecular formula is C10H17N3O6S. The molecule has 1 heterocycles. The van der Waals surface area contributed by atoms with Gasteiger partial charge in [-0.2, -0.15) is 0 Å². The van der Waals surface area contributed by atoms with E-state index in [4.69, 9.17) is 14.6 Å². The number of rotatable bonds is 8. The number of hydrogen-bond acceptors (Lipinski definition) is 6. The van der Waals surface area contributed by atoms with E-state index < -0.39 is 26.2 Å². The summed E-state index contributed by atoms with van der Waals surface area (Å²) in [6.45, 7) is 1.31. The Morgan fingerprint density at radius 1 is 1.30 bits per heavy atom. The number of methoxy groups -OCH3 is 1. The van der Waals surface area contributed by atoms with Crippen molar-refractivity contribution in [3.05, 3.63) is 27.0 Å². The van der Waals surface area contributed by atoms with E-state index >= 15 is 0 Å². The van der Waals surface area contributed by atoms with E-state index in [1.807, 2.05) is 4.98 Å². The Kier molecular flexibility index (Phi) is 6.07. The average molecular weight is 307 g/mol. The molecule has 0 aliphatic heterocycles. The number of aromatic amines is 1. The molecule has 0 bridgehead atoms. The minimum Gasteiger partial charge on any atom is -0.385 e. The van der Waals surface area contributed by atoms with Gasteiger partial charge in [-0.15, -0.1) is 0 Å². The van der Waals surface area contributed by atoms with Crippen LogP contribution in [0.5, 0.6) is 0 Å². The molecule has 0 unspecified atom stereocenters. The number of nitrogens with zero attached hydrogens (tertiary/aromatic N) is 1. The van der Waals surface area contributed by atoms with Crippen LogP contribution in [0.15, 0.2) is 20.7 Å². The number of nitrogens with one attached hydrogen (secondary N) is 1. The van der Waals surface area contributed by atoms with Gasteiger partial charge < -0.3 is 9.47 Å². The first kappa shape index (κ1) is 16.6. The molecule has 1 aromatic heterocycles. The average Bonchev–Trinajstić information content (AvgIpc) is 2.34. The lowest BCUT2D eigenvalue weighted by atomic mass is 10.5. The molecule has 0 spiro atoms. The molecule has 0 aliphatic carbocycles. The number of aromatic nitrogens is 2. The van der Waals surface area contributed by atoms with E-state index in [1.54, 1.807) is 7.11 Å². The highest BCUT2D eigenvalue weighted by Crippen LogP contribution is 1.96. The van der Waals surface area contributed by atoms with Crippen molar-refractivity contribution in [2.45, 2.75) is 17.9 Å². The van der Waals surface area contributed by atoms with Crippen LogP contribution in [0, 0.1) is 0 Å². The smallest absolute Gasteiger partial charge is 0.328 e. The molecule has 0 atom stereocenters. The minimum absolute atomic E-state index is 0.102. The van der Waals surface area contributed by atoms with Crippen LogP contribution in [0.3, 0.4) is 0 Å². The van der Waals surface area contributed by atoms with E-state index in [1.165, 1.54) is 0 Å². The quantitative estimate of drug-likeness (QED) is 0.546. The Morgan fingerprint density at radius 2 is 2.00 bits per heavy atom. The van der Waals surface area contributed by atoms with Crippen LogP contribution in [-0.2, 0) is 26.0 Å². The predicted molar refractivity (Wildman–Crippen MR) is 70.0 cm³/mol. The third kappa shape index (κ3) is 4.89. The van der Waals surface area contributed by atoms with Gasteiger partial charge in [-0.05, 0) is 6.42 Å². The van der Waals surface area contributed by atoms with Crippen LogP contribution in [0.4, 0.5) is 0 Å². The molecule has 0 aliphatic rings. The Labute approximate surface area is 115 Å². The molecule has 0 saturated carbocycles. The van der Waals surface area contributed by atoms with E-state index in [2.05, 4.69) is 0 Å². The molecule has 0 fully saturated rings. The molecule has 20 heavy (non-hydrogen) atoms. The van der Waals surface area contributed by atoms with Crippen molar-refractivity contribution in [3.8, 4) is 0 Å². The molecule has 9 nitrogen and oxygen atoms in total. The molecule has 10 heteroatoms. The van der Waals surface area contributed by atoms with Crippen LogP contribution in [0.1, 0.15) is 6.42 Å². The van der Waals surface area contributed by atoms with Gasteiger partial charge in [0.25, 0.3) is 5.56 Å². The largest absolute Gasteiger partial charge is 0.385 e. The van der Waals surface area contributed by atoms with Gasteiger partial charge in [0.15, 0.2) is 4.90 Å². The lowest BCUT2D eigenvalue weighted by Crippen LogP contribution is -2.35. The third-order valence-corrected chi connectivity index (χ3v) is 3.30. The van der Waals surface area contributed by atoms with Crippen LogP contribution in [0.2, 0.25) is 0 Å². The molecule has 0 saturated heterocycles. The summed E-state index contributed by atoms with van der Waals surface area (Å²) in [7, 11) is -2.60. The second kappa shape index (κ2) is 7.33. The van der Waals surface area contributed by atoms with Crippen molar-refractivity contribution in [1.82, 2.24) is 9.55 Å². The minimum atomic E-state index is -4.18. The van der Waals surface area contributed by atoms with E-state index in [0.717, 1.165) is 10.8 Å². The monoisotopic (exact) mass is 307 g/mol. The number of nitrogens with two attached hydrogens (primary N) is 1. The summed E-state index contributed by atoms with van der Waals surface area (Å²) in [5.74, 6) is 0. The van der Waals surface area contributed by atoms with Crippen molar-refractivity contribution in [2.75, 3.05) is 26.9 Å². The highest BCUT2D eigenvalue weighted by Gasteiger charge is 2.15. The predicted octanol–water partition coefficient (Wildman–Crippen LogP) is -1.76. The van der Waals surface area contributed by atoms with Crippen LogP contribution >= 0.6 is 0 Å². The van der Waals surface area contributed by atoms with Gasteiger partial charge in [0.05, 0.1) is 13.2 Å². The number of hydrogen-bond donors (Lipinski definition) is 2. The zero-order valence-electron chi connectivity index (χ0n) is 11.0. The number of H-pyrrole nitrogens is 1. The SMILES string of the molecule is COCCCOCCn1cc(S(N)(=O)=O)c(=O)[nH]c1=O.